The van der Waals surface area contributed by atoms with Crippen molar-refractivity contribution >= 4 is 22.8 Å². The number of benzene rings is 2. The molecule has 2 aromatic carbocycles. The monoisotopic (exact) mass is 250 g/mol. The lowest BCUT2D eigenvalue weighted by molar-refractivity contribution is 0.565. The van der Waals surface area contributed by atoms with E-state index in [-0.39, 0.29) is 0 Å². The summed E-state index contributed by atoms with van der Waals surface area (Å²) in [6.07, 6.45) is 1.52. The molecule has 0 N–H and O–H groups in total. The van der Waals surface area contributed by atoms with Crippen LogP contribution in [-0.2, 0) is 11.3 Å². The number of aliphatic imine (C=N–C) groups is 1. The summed E-state index contributed by atoms with van der Waals surface area (Å²) in [5.41, 5.74) is 3.55. The minimum absolute atomic E-state index is 0.599. The van der Waals surface area contributed by atoms with Gasteiger partial charge in [0.2, 0.25) is 6.08 Å². The molecule has 0 saturated heterocycles. The fraction of sp³-hybridized carbons (Fsp3) is 0.0714. The van der Waals surface area contributed by atoms with Crippen LogP contribution < -0.4 is 0 Å². The number of nitrogens with zero attached hydrogens (tertiary/aromatic N) is 4. The highest BCUT2D eigenvalue weighted by Gasteiger charge is 2.03. The topological polar surface area (TPSA) is 60.1 Å². The Hall–Kier alpha value is -2.78. The molecule has 5 nitrogen and oxygen atoms in total. The maximum atomic E-state index is 10.1. The van der Waals surface area contributed by atoms with Crippen molar-refractivity contribution in [2.75, 3.05) is 0 Å². The molecule has 0 aliphatic rings. The van der Waals surface area contributed by atoms with Gasteiger partial charge in [-0.2, -0.15) is 4.99 Å². The van der Waals surface area contributed by atoms with Gasteiger partial charge in [0, 0.05) is 0 Å². The van der Waals surface area contributed by atoms with Gasteiger partial charge in [-0.25, -0.2) is 9.48 Å². The van der Waals surface area contributed by atoms with Crippen LogP contribution in [0.15, 0.2) is 53.5 Å². The summed E-state index contributed by atoms with van der Waals surface area (Å²) in [6, 6.07) is 15.2. The van der Waals surface area contributed by atoms with Crippen LogP contribution in [0.1, 0.15) is 5.56 Å². The standard InChI is InChI=1S/C14H10N4O/c19-10-15-12-7-5-11(6-8-12)9-18-14-4-2-1-3-13(14)16-17-18/h1-8H,9H2. The fourth-order valence-electron chi connectivity index (χ4n) is 1.94. The van der Waals surface area contributed by atoms with Crippen LogP contribution in [0.4, 0.5) is 5.69 Å². The van der Waals surface area contributed by atoms with E-state index in [1.807, 2.05) is 41.1 Å². The molecule has 0 unspecified atom stereocenters. The average molecular weight is 250 g/mol. The molecular formula is C14H10N4O. The van der Waals surface area contributed by atoms with Crippen LogP contribution in [0.5, 0.6) is 0 Å². The number of isocyanates is 1. The van der Waals surface area contributed by atoms with Crippen molar-refractivity contribution < 1.29 is 4.79 Å². The molecule has 1 heterocycles. The average Bonchev–Trinajstić information content (AvgIpc) is 2.85. The predicted octanol–water partition coefficient (Wildman–Crippen LogP) is 2.45. The van der Waals surface area contributed by atoms with Gasteiger partial charge in [0.25, 0.3) is 0 Å². The number of fused-ring (bicyclic) bond motifs is 1. The first-order chi connectivity index (χ1) is 9.36. The third-order valence-electron chi connectivity index (χ3n) is 2.86. The molecule has 0 aliphatic carbocycles. The smallest absolute Gasteiger partial charge is 0.240 e. The fourth-order valence-corrected chi connectivity index (χ4v) is 1.94. The van der Waals surface area contributed by atoms with Crippen molar-refractivity contribution in [3.05, 3.63) is 54.1 Å². The maximum Gasteiger partial charge on any atom is 0.240 e. The largest absolute Gasteiger partial charge is 0.240 e. The van der Waals surface area contributed by atoms with E-state index in [0.29, 0.717) is 12.2 Å². The van der Waals surface area contributed by atoms with E-state index < -0.39 is 0 Å². The third kappa shape index (κ3) is 2.27. The van der Waals surface area contributed by atoms with Gasteiger partial charge < -0.3 is 0 Å². The number of aromatic nitrogens is 3. The SMILES string of the molecule is O=C=Nc1ccc(Cn2nnc3ccccc32)cc1. The normalized spacial score (nSPS) is 10.3. The zero-order valence-corrected chi connectivity index (χ0v) is 10.0. The van der Waals surface area contributed by atoms with E-state index >= 15 is 0 Å². The van der Waals surface area contributed by atoms with Crippen LogP contribution in [0.25, 0.3) is 11.0 Å². The molecule has 0 aliphatic heterocycles. The van der Waals surface area contributed by atoms with Crippen LogP contribution in [0.3, 0.4) is 0 Å². The molecule has 5 heteroatoms. The van der Waals surface area contributed by atoms with Gasteiger partial charge in [0.1, 0.15) is 5.52 Å². The van der Waals surface area contributed by atoms with Crippen LogP contribution in [-0.4, -0.2) is 21.1 Å². The highest BCUT2D eigenvalue weighted by molar-refractivity contribution is 5.73. The summed E-state index contributed by atoms with van der Waals surface area (Å²) in [6.45, 7) is 0.631. The number of carbonyl (C=O) groups excluding carboxylic acids is 1. The lowest BCUT2D eigenvalue weighted by atomic mass is 10.2. The first-order valence-electron chi connectivity index (χ1n) is 5.82. The molecule has 0 spiro atoms. The van der Waals surface area contributed by atoms with E-state index in [9.17, 15) is 4.79 Å². The predicted molar refractivity (Wildman–Crippen MR) is 70.9 cm³/mol. The summed E-state index contributed by atoms with van der Waals surface area (Å²) in [5.74, 6) is 0. The second-order valence-electron chi connectivity index (χ2n) is 4.11. The molecule has 92 valence electrons. The molecule has 3 aromatic rings. The van der Waals surface area contributed by atoms with Gasteiger partial charge in [-0.05, 0) is 29.8 Å². The number of hydrogen-bond acceptors (Lipinski definition) is 4. The molecule has 0 radical (unpaired) electrons. The van der Waals surface area contributed by atoms with Crippen LogP contribution in [0.2, 0.25) is 0 Å². The summed E-state index contributed by atoms with van der Waals surface area (Å²) in [5, 5.41) is 8.24. The van der Waals surface area contributed by atoms with E-state index in [0.717, 1.165) is 16.6 Å². The second-order valence-corrected chi connectivity index (χ2v) is 4.11. The lowest BCUT2D eigenvalue weighted by Crippen LogP contribution is -2.01. The highest BCUT2D eigenvalue weighted by atomic mass is 16.1. The molecule has 0 bridgehead atoms. The van der Waals surface area contributed by atoms with Crippen LogP contribution >= 0.6 is 0 Å². The first-order valence-corrected chi connectivity index (χ1v) is 5.82. The Kier molecular flexibility index (Phi) is 2.88. The number of rotatable bonds is 3. The Bertz CT molecular complexity index is 754. The van der Waals surface area contributed by atoms with Crippen molar-refractivity contribution in [3.8, 4) is 0 Å². The van der Waals surface area contributed by atoms with E-state index in [1.54, 1.807) is 12.1 Å². The van der Waals surface area contributed by atoms with Crippen molar-refractivity contribution in [2.45, 2.75) is 6.54 Å². The summed E-state index contributed by atoms with van der Waals surface area (Å²) in [7, 11) is 0. The van der Waals surface area contributed by atoms with E-state index in [1.165, 1.54) is 6.08 Å². The lowest BCUT2D eigenvalue weighted by Gasteiger charge is -2.02. The Morgan fingerprint density at radius 1 is 1.11 bits per heavy atom. The summed E-state index contributed by atoms with van der Waals surface area (Å²) < 4.78 is 1.84. The third-order valence-corrected chi connectivity index (χ3v) is 2.86. The molecule has 0 fully saturated rings. The van der Waals surface area contributed by atoms with E-state index in [4.69, 9.17) is 0 Å². The van der Waals surface area contributed by atoms with E-state index in [2.05, 4.69) is 15.3 Å². The molecule has 0 amide bonds. The minimum atomic E-state index is 0.599. The molecule has 3 rings (SSSR count). The summed E-state index contributed by atoms with van der Waals surface area (Å²) >= 11 is 0. The molecule has 0 saturated carbocycles. The highest BCUT2D eigenvalue weighted by Crippen LogP contribution is 2.15. The van der Waals surface area contributed by atoms with Crippen molar-refractivity contribution in [1.29, 1.82) is 0 Å². The molecule has 0 atom stereocenters. The second kappa shape index (κ2) is 4.84. The zero-order chi connectivity index (χ0) is 13.1. The summed E-state index contributed by atoms with van der Waals surface area (Å²) in [4.78, 5) is 13.7. The van der Waals surface area contributed by atoms with Gasteiger partial charge in [-0.3, -0.25) is 0 Å². The Labute approximate surface area is 109 Å². The minimum Gasteiger partial charge on any atom is -0.240 e. The molecule has 19 heavy (non-hydrogen) atoms. The Balaban J connectivity index is 1.90. The molecule has 1 aromatic heterocycles. The van der Waals surface area contributed by atoms with Crippen molar-refractivity contribution in [2.24, 2.45) is 4.99 Å². The Morgan fingerprint density at radius 2 is 1.89 bits per heavy atom. The maximum absolute atomic E-state index is 10.1. The molecular weight excluding hydrogens is 240 g/mol. The van der Waals surface area contributed by atoms with Crippen molar-refractivity contribution in [1.82, 2.24) is 15.0 Å². The van der Waals surface area contributed by atoms with Crippen LogP contribution in [0, 0.1) is 0 Å². The van der Waals surface area contributed by atoms with Gasteiger partial charge >= 0.3 is 0 Å². The van der Waals surface area contributed by atoms with Gasteiger partial charge in [-0.1, -0.05) is 29.5 Å². The number of hydrogen-bond donors (Lipinski definition) is 0. The first kappa shape index (κ1) is 11.3. The van der Waals surface area contributed by atoms with Gasteiger partial charge in [-0.15, -0.1) is 5.10 Å². The quantitative estimate of drug-likeness (QED) is 0.530. The number of para-hydroxylation sites is 1. The Morgan fingerprint density at radius 3 is 2.68 bits per heavy atom. The zero-order valence-electron chi connectivity index (χ0n) is 10.0. The van der Waals surface area contributed by atoms with Crippen molar-refractivity contribution in [3.63, 3.8) is 0 Å². The van der Waals surface area contributed by atoms with Gasteiger partial charge in [0.15, 0.2) is 0 Å². The van der Waals surface area contributed by atoms with Gasteiger partial charge in [0.05, 0.1) is 17.7 Å².